The summed E-state index contributed by atoms with van der Waals surface area (Å²) in [6.07, 6.45) is 2.68. The van der Waals surface area contributed by atoms with Crippen LogP contribution in [0.1, 0.15) is 30.8 Å². The standard InChI is InChI=1S/C16H21N3O/c1-4-14-15(8-6-12(3)19-14)20-16-9-7-13(11-18-16)10-17-5-2/h6-9,11,17H,4-5,10H2,1-3H3. The van der Waals surface area contributed by atoms with Gasteiger partial charge in [-0.2, -0.15) is 0 Å². The van der Waals surface area contributed by atoms with E-state index in [9.17, 15) is 0 Å². The number of hydrogen-bond donors (Lipinski definition) is 1. The molecule has 0 aliphatic heterocycles. The first-order valence-electron chi connectivity index (χ1n) is 7.03. The minimum atomic E-state index is 0.602. The number of ether oxygens (including phenoxy) is 1. The van der Waals surface area contributed by atoms with E-state index in [1.165, 1.54) is 0 Å². The van der Waals surface area contributed by atoms with Gasteiger partial charge in [0.2, 0.25) is 5.88 Å². The first kappa shape index (κ1) is 14.5. The van der Waals surface area contributed by atoms with E-state index in [2.05, 4.69) is 29.1 Å². The van der Waals surface area contributed by atoms with Crippen LogP contribution >= 0.6 is 0 Å². The van der Waals surface area contributed by atoms with Crippen molar-refractivity contribution < 1.29 is 4.74 Å². The lowest BCUT2D eigenvalue weighted by Gasteiger charge is -2.09. The van der Waals surface area contributed by atoms with E-state index in [0.717, 1.165) is 42.2 Å². The molecule has 0 aromatic carbocycles. The highest BCUT2D eigenvalue weighted by Gasteiger charge is 2.06. The van der Waals surface area contributed by atoms with Crippen LogP contribution in [0.15, 0.2) is 30.5 Å². The van der Waals surface area contributed by atoms with E-state index in [-0.39, 0.29) is 0 Å². The van der Waals surface area contributed by atoms with Crippen molar-refractivity contribution in [1.29, 1.82) is 0 Å². The maximum Gasteiger partial charge on any atom is 0.219 e. The summed E-state index contributed by atoms with van der Waals surface area (Å²) >= 11 is 0. The topological polar surface area (TPSA) is 47.0 Å². The number of aromatic nitrogens is 2. The lowest BCUT2D eigenvalue weighted by atomic mass is 10.2. The Labute approximate surface area is 120 Å². The molecule has 4 nitrogen and oxygen atoms in total. The van der Waals surface area contributed by atoms with Crippen molar-refractivity contribution >= 4 is 0 Å². The fourth-order valence-corrected chi connectivity index (χ4v) is 1.90. The number of hydrogen-bond acceptors (Lipinski definition) is 4. The van der Waals surface area contributed by atoms with Crippen LogP contribution in [0.25, 0.3) is 0 Å². The predicted molar refractivity (Wildman–Crippen MR) is 80.0 cm³/mol. The normalized spacial score (nSPS) is 10.6. The molecule has 4 heteroatoms. The minimum Gasteiger partial charge on any atom is -0.437 e. The lowest BCUT2D eigenvalue weighted by molar-refractivity contribution is 0.453. The molecule has 2 aromatic heterocycles. The highest BCUT2D eigenvalue weighted by atomic mass is 16.5. The quantitative estimate of drug-likeness (QED) is 0.876. The van der Waals surface area contributed by atoms with Crippen LogP contribution in [-0.2, 0) is 13.0 Å². The molecular weight excluding hydrogens is 250 g/mol. The zero-order valence-corrected chi connectivity index (χ0v) is 12.3. The summed E-state index contributed by atoms with van der Waals surface area (Å²) in [5.74, 6) is 1.38. The highest BCUT2D eigenvalue weighted by molar-refractivity contribution is 5.33. The van der Waals surface area contributed by atoms with Crippen LogP contribution in [0.3, 0.4) is 0 Å². The number of aryl methyl sites for hydroxylation is 2. The van der Waals surface area contributed by atoms with Gasteiger partial charge in [0.1, 0.15) is 0 Å². The van der Waals surface area contributed by atoms with Crippen molar-refractivity contribution in [2.75, 3.05) is 6.54 Å². The molecule has 0 spiro atoms. The molecule has 20 heavy (non-hydrogen) atoms. The second-order valence-corrected chi connectivity index (χ2v) is 4.64. The van der Waals surface area contributed by atoms with Crippen LogP contribution in [0.5, 0.6) is 11.6 Å². The Balaban J connectivity index is 2.10. The molecule has 0 aliphatic rings. The smallest absolute Gasteiger partial charge is 0.219 e. The Morgan fingerprint density at radius 2 is 2.00 bits per heavy atom. The molecule has 0 radical (unpaired) electrons. The molecule has 0 bridgehead atoms. The number of nitrogens with one attached hydrogen (secondary N) is 1. The van der Waals surface area contributed by atoms with Gasteiger partial charge in [0.15, 0.2) is 5.75 Å². The van der Waals surface area contributed by atoms with Gasteiger partial charge in [0.05, 0.1) is 5.69 Å². The second kappa shape index (κ2) is 7.01. The Morgan fingerprint density at radius 1 is 1.15 bits per heavy atom. The van der Waals surface area contributed by atoms with Crippen LogP contribution in [-0.4, -0.2) is 16.5 Å². The average Bonchev–Trinajstić information content (AvgIpc) is 2.48. The molecule has 2 rings (SSSR count). The summed E-state index contributed by atoms with van der Waals surface area (Å²) in [6.45, 7) is 7.92. The summed E-state index contributed by atoms with van der Waals surface area (Å²) in [7, 11) is 0. The van der Waals surface area contributed by atoms with Crippen LogP contribution < -0.4 is 10.1 Å². The summed E-state index contributed by atoms with van der Waals surface area (Å²) in [6, 6.07) is 7.83. The van der Waals surface area contributed by atoms with Crippen LogP contribution in [0.4, 0.5) is 0 Å². The van der Waals surface area contributed by atoms with Crippen molar-refractivity contribution in [3.8, 4) is 11.6 Å². The Hall–Kier alpha value is -1.94. The Kier molecular flexibility index (Phi) is 5.07. The Bertz CT molecular complexity index is 552. The van der Waals surface area contributed by atoms with Gasteiger partial charge >= 0.3 is 0 Å². The van der Waals surface area contributed by atoms with Crippen LogP contribution in [0.2, 0.25) is 0 Å². The fourth-order valence-electron chi connectivity index (χ4n) is 1.90. The molecule has 0 aliphatic carbocycles. The molecule has 1 N–H and O–H groups in total. The molecule has 2 aromatic rings. The van der Waals surface area contributed by atoms with Gasteiger partial charge in [0.25, 0.3) is 0 Å². The summed E-state index contributed by atoms with van der Waals surface area (Å²) in [5, 5.41) is 3.27. The zero-order chi connectivity index (χ0) is 14.4. The second-order valence-electron chi connectivity index (χ2n) is 4.64. The lowest BCUT2D eigenvalue weighted by Crippen LogP contribution is -2.11. The van der Waals surface area contributed by atoms with Gasteiger partial charge in [-0.3, -0.25) is 4.98 Å². The molecule has 0 saturated heterocycles. The van der Waals surface area contributed by atoms with Gasteiger partial charge in [-0.15, -0.1) is 0 Å². The molecule has 0 amide bonds. The van der Waals surface area contributed by atoms with Crippen molar-refractivity contribution in [1.82, 2.24) is 15.3 Å². The van der Waals surface area contributed by atoms with Crippen molar-refractivity contribution in [2.45, 2.75) is 33.7 Å². The van der Waals surface area contributed by atoms with Gasteiger partial charge in [-0.1, -0.05) is 19.9 Å². The molecule has 0 unspecified atom stereocenters. The van der Waals surface area contributed by atoms with Gasteiger partial charge in [0, 0.05) is 24.5 Å². The van der Waals surface area contributed by atoms with E-state index in [1.54, 1.807) is 0 Å². The largest absolute Gasteiger partial charge is 0.437 e. The minimum absolute atomic E-state index is 0.602. The summed E-state index contributed by atoms with van der Waals surface area (Å²) in [5.41, 5.74) is 3.11. The third kappa shape index (κ3) is 3.78. The van der Waals surface area contributed by atoms with E-state index >= 15 is 0 Å². The summed E-state index contributed by atoms with van der Waals surface area (Å²) in [4.78, 5) is 8.82. The van der Waals surface area contributed by atoms with E-state index in [4.69, 9.17) is 4.74 Å². The third-order valence-electron chi connectivity index (χ3n) is 3.00. The molecule has 106 valence electrons. The van der Waals surface area contributed by atoms with E-state index < -0.39 is 0 Å². The number of nitrogens with zero attached hydrogens (tertiary/aromatic N) is 2. The summed E-state index contributed by atoms with van der Waals surface area (Å²) < 4.78 is 5.82. The maximum atomic E-state index is 5.82. The molecular formula is C16H21N3O. The highest BCUT2D eigenvalue weighted by Crippen LogP contribution is 2.23. The van der Waals surface area contributed by atoms with Crippen molar-refractivity contribution in [3.63, 3.8) is 0 Å². The van der Waals surface area contributed by atoms with Crippen molar-refractivity contribution in [2.24, 2.45) is 0 Å². The third-order valence-corrected chi connectivity index (χ3v) is 3.00. The van der Waals surface area contributed by atoms with E-state index in [1.807, 2.05) is 37.4 Å². The monoisotopic (exact) mass is 271 g/mol. The van der Waals surface area contributed by atoms with Gasteiger partial charge < -0.3 is 10.1 Å². The Morgan fingerprint density at radius 3 is 2.65 bits per heavy atom. The zero-order valence-electron chi connectivity index (χ0n) is 12.3. The average molecular weight is 271 g/mol. The van der Waals surface area contributed by atoms with Gasteiger partial charge in [-0.05, 0) is 37.6 Å². The first-order chi connectivity index (χ1) is 9.72. The maximum absolute atomic E-state index is 5.82. The van der Waals surface area contributed by atoms with Crippen molar-refractivity contribution in [3.05, 3.63) is 47.4 Å². The molecule has 0 saturated carbocycles. The molecule has 0 fully saturated rings. The van der Waals surface area contributed by atoms with Crippen LogP contribution in [0, 0.1) is 6.92 Å². The fraction of sp³-hybridized carbons (Fsp3) is 0.375. The number of rotatable bonds is 6. The molecule has 2 heterocycles. The predicted octanol–water partition coefficient (Wildman–Crippen LogP) is 3.25. The van der Waals surface area contributed by atoms with Gasteiger partial charge in [-0.25, -0.2) is 4.98 Å². The number of pyridine rings is 2. The first-order valence-corrected chi connectivity index (χ1v) is 7.03. The molecule has 0 atom stereocenters. The SMILES string of the molecule is CCNCc1ccc(Oc2ccc(C)nc2CC)nc1. The van der Waals surface area contributed by atoms with E-state index in [0.29, 0.717) is 5.88 Å².